The van der Waals surface area contributed by atoms with Crippen molar-refractivity contribution in [3.05, 3.63) is 0 Å². The van der Waals surface area contributed by atoms with E-state index in [2.05, 4.69) is 23.9 Å². The topological polar surface area (TPSA) is 15.7 Å². The average Bonchev–Trinajstić information content (AvgIpc) is 2.77. The average molecular weight is 228 g/mol. The second-order valence-electron chi connectivity index (χ2n) is 5.03. The lowest BCUT2D eigenvalue weighted by molar-refractivity contribution is 0.0652. The van der Waals surface area contributed by atoms with Gasteiger partial charge in [0.05, 0.1) is 6.61 Å². The molecule has 0 saturated carbocycles. The van der Waals surface area contributed by atoms with Gasteiger partial charge in [-0.15, -0.1) is 0 Å². The standard InChI is InChI=1S/C11H22N2O.C2H6/c1-12(2)10-7-11(9-14-3)5-4-6-13(11)8-10;1-2/h10H,4-9H2,1-3H3;1-2H3. The van der Waals surface area contributed by atoms with Gasteiger partial charge >= 0.3 is 0 Å². The third kappa shape index (κ3) is 2.58. The van der Waals surface area contributed by atoms with Crippen molar-refractivity contribution in [2.24, 2.45) is 0 Å². The summed E-state index contributed by atoms with van der Waals surface area (Å²) < 4.78 is 5.40. The fourth-order valence-corrected chi connectivity index (χ4v) is 3.10. The van der Waals surface area contributed by atoms with Crippen LogP contribution in [0.5, 0.6) is 0 Å². The van der Waals surface area contributed by atoms with E-state index in [0.717, 1.165) is 12.6 Å². The van der Waals surface area contributed by atoms with Gasteiger partial charge in [-0.2, -0.15) is 0 Å². The fourth-order valence-electron chi connectivity index (χ4n) is 3.10. The maximum absolute atomic E-state index is 5.40. The Labute approximate surface area is 101 Å². The lowest BCUT2D eigenvalue weighted by Gasteiger charge is -2.30. The first-order chi connectivity index (χ1) is 7.68. The molecule has 3 nitrogen and oxygen atoms in total. The highest BCUT2D eigenvalue weighted by molar-refractivity contribution is 5.05. The molecule has 16 heavy (non-hydrogen) atoms. The van der Waals surface area contributed by atoms with Gasteiger partial charge in [0.15, 0.2) is 0 Å². The Hall–Kier alpha value is -0.120. The van der Waals surface area contributed by atoms with Gasteiger partial charge < -0.3 is 9.64 Å². The van der Waals surface area contributed by atoms with Crippen LogP contribution in [0.4, 0.5) is 0 Å². The van der Waals surface area contributed by atoms with Gasteiger partial charge in [0.2, 0.25) is 0 Å². The first kappa shape index (κ1) is 13.9. The molecule has 2 aliphatic heterocycles. The summed E-state index contributed by atoms with van der Waals surface area (Å²) in [7, 11) is 6.20. The van der Waals surface area contributed by atoms with Crippen LogP contribution < -0.4 is 0 Å². The van der Waals surface area contributed by atoms with Crippen molar-refractivity contribution in [1.82, 2.24) is 9.80 Å². The number of fused-ring (bicyclic) bond motifs is 1. The van der Waals surface area contributed by atoms with E-state index >= 15 is 0 Å². The highest BCUT2D eigenvalue weighted by Crippen LogP contribution is 2.40. The second-order valence-corrected chi connectivity index (χ2v) is 5.03. The summed E-state index contributed by atoms with van der Waals surface area (Å²) in [6.07, 6.45) is 3.96. The molecule has 3 heteroatoms. The molecule has 0 aliphatic carbocycles. The molecule has 2 atom stereocenters. The summed E-state index contributed by atoms with van der Waals surface area (Å²) >= 11 is 0. The third-order valence-corrected chi connectivity index (χ3v) is 3.93. The van der Waals surface area contributed by atoms with Crippen molar-refractivity contribution >= 4 is 0 Å². The van der Waals surface area contributed by atoms with E-state index in [1.165, 1.54) is 32.4 Å². The molecule has 0 aromatic carbocycles. The van der Waals surface area contributed by atoms with Crippen molar-refractivity contribution in [2.45, 2.75) is 44.7 Å². The molecule has 0 aromatic rings. The smallest absolute Gasteiger partial charge is 0.0647 e. The molecule has 0 N–H and O–H groups in total. The molecule has 0 amide bonds. The zero-order chi connectivity index (χ0) is 12.2. The Kier molecular flexibility index (Phi) is 5.22. The predicted octanol–water partition coefficient (Wildman–Crippen LogP) is 1.83. The SMILES string of the molecule is CC.COCC12CCCN1CC(N(C)C)C2. The number of rotatable bonds is 3. The summed E-state index contributed by atoms with van der Waals surface area (Å²) in [5.41, 5.74) is 0.379. The fraction of sp³-hybridized carbons (Fsp3) is 1.00. The minimum absolute atomic E-state index is 0.379. The number of ether oxygens (including phenoxy) is 1. The molecule has 2 fully saturated rings. The molecular formula is C13H28N2O. The molecular weight excluding hydrogens is 200 g/mol. The van der Waals surface area contributed by atoms with Crippen LogP contribution in [0.2, 0.25) is 0 Å². The number of methoxy groups -OCH3 is 1. The van der Waals surface area contributed by atoms with E-state index in [0.29, 0.717) is 5.54 Å². The van der Waals surface area contributed by atoms with Gasteiger partial charge in [0.1, 0.15) is 0 Å². The summed E-state index contributed by atoms with van der Waals surface area (Å²) in [5.74, 6) is 0. The summed E-state index contributed by atoms with van der Waals surface area (Å²) in [5, 5.41) is 0. The van der Waals surface area contributed by atoms with Gasteiger partial charge in [0, 0.05) is 25.2 Å². The number of hydrogen-bond donors (Lipinski definition) is 0. The van der Waals surface area contributed by atoms with Crippen molar-refractivity contribution in [1.29, 1.82) is 0 Å². The maximum atomic E-state index is 5.40. The first-order valence-electron chi connectivity index (χ1n) is 6.58. The molecule has 0 radical (unpaired) electrons. The Morgan fingerprint density at radius 1 is 1.38 bits per heavy atom. The number of hydrogen-bond acceptors (Lipinski definition) is 3. The van der Waals surface area contributed by atoms with Crippen LogP contribution in [0.1, 0.15) is 33.1 Å². The van der Waals surface area contributed by atoms with Crippen molar-refractivity contribution in [3.63, 3.8) is 0 Å². The Morgan fingerprint density at radius 2 is 2.06 bits per heavy atom. The Bertz CT molecular complexity index is 208. The lowest BCUT2D eigenvalue weighted by atomic mass is 9.93. The molecule has 0 bridgehead atoms. The molecule has 2 rings (SSSR count). The highest BCUT2D eigenvalue weighted by atomic mass is 16.5. The van der Waals surface area contributed by atoms with Gasteiger partial charge in [-0.3, -0.25) is 4.90 Å². The zero-order valence-corrected chi connectivity index (χ0v) is 11.6. The minimum atomic E-state index is 0.379. The van der Waals surface area contributed by atoms with Crippen LogP contribution in [0, 0.1) is 0 Å². The molecule has 0 spiro atoms. The normalized spacial score (nSPS) is 33.8. The number of likely N-dealkylation sites (N-methyl/N-ethyl adjacent to an activating group) is 1. The van der Waals surface area contributed by atoms with E-state index in [9.17, 15) is 0 Å². The molecule has 0 aromatic heterocycles. The lowest BCUT2D eigenvalue weighted by Crippen LogP contribution is -2.42. The Morgan fingerprint density at radius 3 is 2.62 bits per heavy atom. The van der Waals surface area contributed by atoms with Crippen LogP contribution in [-0.2, 0) is 4.74 Å². The van der Waals surface area contributed by atoms with Gasteiger partial charge in [-0.25, -0.2) is 0 Å². The van der Waals surface area contributed by atoms with Crippen molar-refractivity contribution in [3.8, 4) is 0 Å². The first-order valence-corrected chi connectivity index (χ1v) is 6.58. The summed E-state index contributed by atoms with van der Waals surface area (Å²) in [6, 6.07) is 0.727. The van der Waals surface area contributed by atoms with E-state index in [4.69, 9.17) is 4.74 Å². The minimum Gasteiger partial charge on any atom is -0.383 e. The van der Waals surface area contributed by atoms with Gasteiger partial charge in [-0.05, 0) is 39.9 Å². The van der Waals surface area contributed by atoms with Crippen molar-refractivity contribution < 1.29 is 4.74 Å². The van der Waals surface area contributed by atoms with E-state index < -0.39 is 0 Å². The monoisotopic (exact) mass is 228 g/mol. The largest absolute Gasteiger partial charge is 0.383 e. The molecule has 96 valence electrons. The Balaban J connectivity index is 0.000000606. The van der Waals surface area contributed by atoms with Crippen molar-refractivity contribution in [2.75, 3.05) is 40.9 Å². The van der Waals surface area contributed by atoms with Crippen LogP contribution >= 0.6 is 0 Å². The van der Waals surface area contributed by atoms with E-state index in [1.807, 2.05) is 21.0 Å². The van der Waals surface area contributed by atoms with E-state index in [1.54, 1.807) is 0 Å². The van der Waals surface area contributed by atoms with Crippen LogP contribution in [0.3, 0.4) is 0 Å². The summed E-state index contributed by atoms with van der Waals surface area (Å²) in [6.45, 7) is 7.42. The quantitative estimate of drug-likeness (QED) is 0.733. The molecule has 2 unspecified atom stereocenters. The van der Waals surface area contributed by atoms with Gasteiger partial charge in [0.25, 0.3) is 0 Å². The van der Waals surface area contributed by atoms with Crippen LogP contribution in [-0.4, -0.2) is 62.3 Å². The predicted molar refractivity (Wildman–Crippen MR) is 68.9 cm³/mol. The molecule has 2 saturated heterocycles. The molecule has 2 heterocycles. The van der Waals surface area contributed by atoms with Crippen LogP contribution in [0.25, 0.3) is 0 Å². The maximum Gasteiger partial charge on any atom is 0.0647 e. The number of nitrogens with zero attached hydrogens (tertiary/aromatic N) is 2. The second kappa shape index (κ2) is 5.99. The highest BCUT2D eigenvalue weighted by Gasteiger charge is 2.48. The zero-order valence-electron chi connectivity index (χ0n) is 11.6. The summed E-state index contributed by atoms with van der Waals surface area (Å²) in [4.78, 5) is 5.00. The third-order valence-electron chi connectivity index (χ3n) is 3.93. The molecule has 2 aliphatic rings. The van der Waals surface area contributed by atoms with E-state index in [-0.39, 0.29) is 0 Å². The van der Waals surface area contributed by atoms with Crippen LogP contribution in [0.15, 0.2) is 0 Å². The van der Waals surface area contributed by atoms with Gasteiger partial charge in [-0.1, -0.05) is 13.8 Å².